The number of nitrogens with one attached hydrogen (secondary N) is 1. The lowest BCUT2D eigenvalue weighted by Crippen LogP contribution is -2.44. The van der Waals surface area contributed by atoms with E-state index in [2.05, 4.69) is 11.4 Å². The largest absolute Gasteiger partial charge is 0.349 e. The molecule has 0 unspecified atom stereocenters. The van der Waals surface area contributed by atoms with Gasteiger partial charge >= 0.3 is 0 Å². The molecule has 1 aliphatic heterocycles. The van der Waals surface area contributed by atoms with Gasteiger partial charge in [0.1, 0.15) is 0 Å². The SMILES string of the molecule is N#CCN1CCC(NC(=O)c2ccc(F)c(F)c2)CC1. The van der Waals surface area contributed by atoms with E-state index in [0.29, 0.717) is 6.54 Å². The van der Waals surface area contributed by atoms with Crippen LogP contribution < -0.4 is 5.32 Å². The standard InChI is InChI=1S/C14H15F2N3O/c15-12-2-1-10(9-13(12)16)14(20)18-11-3-6-19(7-4-11)8-5-17/h1-2,9,11H,3-4,6-8H2,(H,18,20). The molecule has 1 aliphatic rings. The Labute approximate surface area is 116 Å². The summed E-state index contributed by atoms with van der Waals surface area (Å²) in [5.41, 5.74) is 0.114. The van der Waals surface area contributed by atoms with Crippen LogP contribution in [0.4, 0.5) is 8.78 Å². The van der Waals surface area contributed by atoms with Crippen LogP contribution in [0.2, 0.25) is 0 Å². The van der Waals surface area contributed by atoms with E-state index in [9.17, 15) is 13.6 Å². The predicted octanol–water partition coefficient (Wildman–Crippen LogP) is 1.68. The molecule has 20 heavy (non-hydrogen) atoms. The van der Waals surface area contributed by atoms with Crippen LogP contribution in [-0.2, 0) is 0 Å². The van der Waals surface area contributed by atoms with Gasteiger partial charge in [-0.3, -0.25) is 9.69 Å². The normalized spacial score (nSPS) is 16.6. The van der Waals surface area contributed by atoms with Crippen LogP contribution in [-0.4, -0.2) is 36.5 Å². The van der Waals surface area contributed by atoms with Crippen molar-refractivity contribution < 1.29 is 13.6 Å². The first-order chi connectivity index (χ1) is 9.60. The van der Waals surface area contributed by atoms with Crippen molar-refractivity contribution in [2.75, 3.05) is 19.6 Å². The number of carbonyl (C=O) groups is 1. The number of benzene rings is 1. The summed E-state index contributed by atoms with van der Waals surface area (Å²) in [4.78, 5) is 13.9. The second kappa shape index (κ2) is 6.44. The molecule has 0 radical (unpaired) electrons. The molecule has 0 saturated carbocycles. The van der Waals surface area contributed by atoms with E-state index < -0.39 is 17.5 Å². The van der Waals surface area contributed by atoms with E-state index in [0.717, 1.165) is 38.1 Å². The van der Waals surface area contributed by atoms with E-state index in [1.54, 1.807) is 0 Å². The summed E-state index contributed by atoms with van der Waals surface area (Å²) >= 11 is 0. The molecule has 1 fully saturated rings. The predicted molar refractivity (Wildman–Crippen MR) is 68.9 cm³/mol. The zero-order valence-corrected chi connectivity index (χ0v) is 10.9. The third kappa shape index (κ3) is 3.52. The van der Waals surface area contributed by atoms with Crippen LogP contribution in [0.25, 0.3) is 0 Å². The van der Waals surface area contributed by atoms with Gasteiger partial charge in [-0.2, -0.15) is 5.26 Å². The van der Waals surface area contributed by atoms with Gasteiger partial charge in [0.05, 0.1) is 12.6 Å². The summed E-state index contributed by atoms with van der Waals surface area (Å²) in [6, 6.07) is 5.20. The van der Waals surface area contributed by atoms with Crippen LogP contribution in [0.3, 0.4) is 0 Å². The van der Waals surface area contributed by atoms with Gasteiger partial charge in [-0.1, -0.05) is 0 Å². The van der Waals surface area contributed by atoms with Crippen LogP contribution in [0.1, 0.15) is 23.2 Å². The third-order valence-corrected chi connectivity index (χ3v) is 3.40. The quantitative estimate of drug-likeness (QED) is 0.856. The van der Waals surface area contributed by atoms with E-state index in [-0.39, 0.29) is 11.6 Å². The second-order valence-electron chi connectivity index (χ2n) is 4.81. The molecule has 106 valence electrons. The lowest BCUT2D eigenvalue weighted by atomic mass is 10.0. The first kappa shape index (κ1) is 14.4. The molecule has 6 heteroatoms. The third-order valence-electron chi connectivity index (χ3n) is 3.40. The molecule has 0 aliphatic carbocycles. The lowest BCUT2D eigenvalue weighted by Gasteiger charge is -2.30. The fourth-order valence-electron chi connectivity index (χ4n) is 2.24. The minimum absolute atomic E-state index is 0.00515. The number of amides is 1. The molecule has 1 saturated heterocycles. The van der Waals surface area contributed by atoms with Gasteiger partial charge in [-0.15, -0.1) is 0 Å². The molecule has 0 spiro atoms. The van der Waals surface area contributed by atoms with Crippen molar-refractivity contribution in [3.05, 3.63) is 35.4 Å². The fourth-order valence-corrected chi connectivity index (χ4v) is 2.24. The molecule has 1 amide bonds. The molecule has 0 aromatic heterocycles. The van der Waals surface area contributed by atoms with Crippen molar-refractivity contribution in [2.45, 2.75) is 18.9 Å². The van der Waals surface area contributed by atoms with E-state index in [1.807, 2.05) is 4.90 Å². The summed E-state index contributed by atoms with van der Waals surface area (Å²) in [5, 5.41) is 11.4. The lowest BCUT2D eigenvalue weighted by molar-refractivity contribution is 0.0914. The molecule has 1 aromatic rings. The highest BCUT2D eigenvalue weighted by molar-refractivity contribution is 5.94. The maximum absolute atomic E-state index is 13.1. The van der Waals surface area contributed by atoms with Crippen molar-refractivity contribution in [2.24, 2.45) is 0 Å². The number of halogens is 2. The highest BCUT2D eigenvalue weighted by atomic mass is 19.2. The Morgan fingerprint density at radius 3 is 2.65 bits per heavy atom. The Bertz CT molecular complexity index is 534. The first-order valence-corrected chi connectivity index (χ1v) is 6.45. The summed E-state index contributed by atoms with van der Waals surface area (Å²) in [6.45, 7) is 1.89. The summed E-state index contributed by atoms with van der Waals surface area (Å²) < 4.78 is 25.9. The number of hydrogen-bond acceptors (Lipinski definition) is 3. The van der Waals surface area contributed by atoms with Crippen LogP contribution in [0.15, 0.2) is 18.2 Å². The van der Waals surface area contributed by atoms with Gasteiger partial charge in [-0.05, 0) is 31.0 Å². The number of nitriles is 1. The molecular weight excluding hydrogens is 264 g/mol. The number of rotatable bonds is 3. The Hall–Kier alpha value is -2.00. The minimum atomic E-state index is -1.03. The van der Waals surface area contributed by atoms with Crippen LogP contribution in [0, 0.1) is 23.0 Å². The van der Waals surface area contributed by atoms with Crippen molar-refractivity contribution in [3.63, 3.8) is 0 Å². The Morgan fingerprint density at radius 1 is 1.35 bits per heavy atom. The van der Waals surface area contributed by atoms with E-state index in [1.165, 1.54) is 6.07 Å². The maximum Gasteiger partial charge on any atom is 0.251 e. The fraction of sp³-hybridized carbons (Fsp3) is 0.429. The van der Waals surface area contributed by atoms with Crippen LogP contribution >= 0.6 is 0 Å². The highest BCUT2D eigenvalue weighted by Gasteiger charge is 2.21. The number of hydrogen-bond donors (Lipinski definition) is 1. The van der Waals surface area contributed by atoms with Crippen LogP contribution in [0.5, 0.6) is 0 Å². The van der Waals surface area contributed by atoms with Gasteiger partial charge in [0, 0.05) is 24.7 Å². The number of likely N-dealkylation sites (tertiary alicyclic amines) is 1. The zero-order valence-electron chi connectivity index (χ0n) is 10.9. The molecular formula is C14H15F2N3O. The van der Waals surface area contributed by atoms with Crippen molar-refractivity contribution in [3.8, 4) is 6.07 Å². The Morgan fingerprint density at radius 2 is 2.05 bits per heavy atom. The first-order valence-electron chi connectivity index (χ1n) is 6.45. The van der Waals surface area contributed by atoms with Crippen molar-refractivity contribution >= 4 is 5.91 Å². The minimum Gasteiger partial charge on any atom is -0.349 e. The average molecular weight is 279 g/mol. The smallest absolute Gasteiger partial charge is 0.251 e. The molecule has 2 rings (SSSR count). The summed E-state index contributed by atoms with van der Waals surface area (Å²) in [5.74, 6) is -2.39. The summed E-state index contributed by atoms with van der Waals surface area (Å²) in [6.07, 6.45) is 1.49. The monoisotopic (exact) mass is 279 g/mol. The van der Waals surface area contributed by atoms with Gasteiger partial charge in [0.25, 0.3) is 5.91 Å². The topological polar surface area (TPSA) is 56.1 Å². The average Bonchev–Trinajstić information content (AvgIpc) is 2.44. The molecule has 1 heterocycles. The molecule has 1 aromatic carbocycles. The van der Waals surface area contributed by atoms with Gasteiger partial charge in [0.2, 0.25) is 0 Å². The highest BCUT2D eigenvalue weighted by Crippen LogP contribution is 2.12. The molecule has 4 nitrogen and oxygen atoms in total. The maximum atomic E-state index is 13.1. The number of carbonyl (C=O) groups excluding carboxylic acids is 1. The molecule has 1 N–H and O–H groups in total. The Balaban J connectivity index is 1.89. The number of piperidine rings is 1. The number of nitrogens with zero attached hydrogens (tertiary/aromatic N) is 2. The summed E-state index contributed by atoms with van der Waals surface area (Å²) in [7, 11) is 0. The molecule has 0 bridgehead atoms. The Kier molecular flexibility index (Phi) is 4.64. The van der Waals surface area contributed by atoms with Gasteiger partial charge in [-0.25, -0.2) is 8.78 Å². The van der Waals surface area contributed by atoms with Crippen molar-refractivity contribution in [1.82, 2.24) is 10.2 Å². The van der Waals surface area contributed by atoms with E-state index >= 15 is 0 Å². The van der Waals surface area contributed by atoms with E-state index in [4.69, 9.17) is 5.26 Å². The molecule has 0 atom stereocenters. The second-order valence-corrected chi connectivity index (χ2v) is 4.81. The van der Waals surface area contributed by atoms with Crippen molar-refractivity contribution in [1.29, 1.82) is 5.26 Å². The van der Waals surface area contributed by atoms with Gasteiger partial charge < -0.3 is 5.32 Å². The zero-order chi connectivity index (χ0) is 14.5. The van der Waals surface area contributed by atoms with Gasteiger partial charge in [0.15, 0.2) is 11.6 Å².